The Labute approximate surface area is 116 Å². The van der Waals surface area contributed by atoms with Crippen molar-refractivity contribution in [1.82, 2.24) is 5.32 Å². The first-order valence-corrected chi connectivity index (χ1v) is 7.14. The highest BCUT2D eigenvalue weighted by molar-refractivity contribution is 5.32. The maximum absolute atomic E-state index is 3.52. The molecule has 19 heavy (non-hydrogen) atoms. The molecule has 0 amide bonds. The van der Waals surface area contributed by atoms with Gasteiger partial charge in [0.2, 0.25) is 0 Å². The van der Waals surface area contributed by atoms with E-state index in [1.807, 2.05) is 0 Å². The van der Waals surface area contributed by atoms with Gasteiger partial charge < -0.3 is 5.32 Å². The summed E-state index contributed by atoms with van der Waals surface area (Å²) in [5, 5.41) is 3.52. The second kappa shape index (κ2) is 7.10. The van der Waals surface area contributed by atoms with Crippen LogP contribution < -0.4 is 5.32 Å². The lowest BCUT2D eigenvalue weighted by atomic mass is 9.86. The van der Waals surface area contributed by atoms with Crippen LogP contribution in [0, 0.1) is 0 Å². The number of rotatable bonds is 6. The Morgan fingerprint density at radius 3 is 1.74 bits per heavy atom. The second-order valence-corrected chi connectivity index (χ2v) is 5.07. The Balaban J connectivity index is 2.24. The van der Waals surface area contributed by atoms with Crippen molar-refractivity contribution in [2.75, 3.05) is 6.54 Å². The summed E-state index contributed by atoms with van der Waals surface area (Å²) in [6.07, 6.45) is 1.13. The number of hydrogen-bond donors (Lipinski definition) is 1. The normalized spacial score (nSPS) is 12.6. The Hall–Kier alpha value is -1.60. The van der Waals surface area contributed by atoms with Crippen molar-refractivity contribution in [1.29, 1.82) is 0 Å². The van der Waals surface area contributed by atoms with Gasteiger partial charge in [-0.3, -0.25) is 0 Å². The van der Waals surface area contributed by atoms with Crippen molar-refractivity contribution in [3.05, 3.63) is 71.8 Å². The van der Waals surface area contributed by atoms with E-state index >= 15 is 0 Å². The summed E-state index contributed by atoms with van der Waals surface area (Å²) in [4.78, 5) is 0. The molecule has 0 fully saturated rings. The maximum Gasteiger partial charge on any atom is 0.0104 e. The van der Waals surface area contributed by atoms with Crippen molar-refractivity contribution < 1.29 is 0 Å². The Bertz CT molecular complexity index is 424. The van der Waals surface area contributed by atoms with Gasteiger partial charge in [0, 0.05) is 12.0 Å². The van der Waals surface area contributed by atoms with Gasteiger partial charge in [-0.25, -0.2) is 0 Å². The summed E-state index contributed by atoms with van der Waals surface area (Å²) in [6, 6.07) is 22.1. The summed E-state index contributed by atoms with van der Waals surface area (Å²) in [6.45, 7) is 5.45. The van der Waals surface area contributed by atoms with Gasteiger partial charge >= 0.3 is 0 Å². The molecule has 1 N–H and O–H groups in total. The van der Waals surface area contributed by atoms with Crippen LogP contribution in [0.25, 0.3) is 0 Å². The summed E-state index contributed by atoms with van der Waals surface area (Å²) in [5.41, 5.74) is 2.80. The third-order valence-corrected chi connectivity index (χ3v) is 3.55. The van der Waals surface area contributed by atoms with Gasteiger partial charge in [0.1, 0.15) is 0 Å². The lowest BCUT2D eigenvalue weighted by molar-refractivity contribution is 0.503. The molecule has 2 aromatic carbocycles. The third kappa shape index (κ3) is 3.93. The molecule has 2 rings (SSSR count). The van der Waals surface area contributed by atoms with E-state index in [-0.39, 0.29) is 0 Å². The van der Waals surface area contributed by atoms with Gasteiger partial charge in [0.15, 0.2) is 0 Å². The first-order valence-electron chi connectivity index (χ1n) is 7.14. The maximum atomic E-state index is 3.52. The van der Waals surface area contributed by atoms with Crippen molar-refractivity contribution in [2.45, 2.75) is 32.2 Å². The van der Waals surface area contributed by atoms with E-state index in [2.05, 4.69) is 79.8 Å². The third-order valence-electron chi connectivity index (χ3n) is 3.55. The van der Waals surface area contributed by atoms with E-state index in [1.165, 1.54) is 11.1 Å². The van der Waals surface area contributed by atoms with Crippen molar-refractivity contribution >= 4 is 0 Å². The average Bonchev–Trinajstić information content (AvgIpc) is 2.47. The van der Waals surface area contributed by atoms with E-state index in [9.17, 15) is 0 Å². The molecule has 0 aliphatic rings. The van der Waals surface area contributed by atoms with Crippen LogP contribution in [0.4, 0.5) is 0 Å². The minimum Gasteiger partial charge on any atom is -0.314 e. The monoisotopic (exact) mass is 253 g/mol. The zero-order valence-electron chi connectivity index (χ0n) is 11.8. The van der Waals surface area contributed by atoms with Gasteiger partial charge in [-0.05, 0) is 31.0 Å². The van der Waals surface area contributed by atoms with Gasteiger partial charge in [-0.15, -0.1) is 0 Å². The first kappa shape index (κ1) is 13.8. The standard InChI is InChI=1S/C18H23N/c1-3-19-15(2)14-18(16-10-6-4-7-11-16)17-12-8-5-9-13-17/h4-13,15,18-19H,3,14H2,1-2H3/t15-/m1/s1. The highest BCUT2D eigenvalue weighted by Gasteiger charge is 2.16. The van der Waals surface area contributed by atoms with E-state index < -0.39 is 0 Å². The molecule has 0 unspecified atom stereocenters. The van der Waals surface area contributed by atoms with Crippen LogP contribution in [-0.2, 0) is 0 Å². The van der Waals surface area contributed by atoms with Gasteiger partial charge in [-0.2, -0.15) is 0 Å². The topological polar surface area (TPSA) is 12.0 Å². The molecular formula is C18H23N. The van der Waals surface area contributed by atoms with E-state index in [0.717, 1.165) is 13.0 Å². The quantitative estimate of drug-likeness (QED) is 0.813. The lowest BCUT2D eigenvalue weighted by Gasteiger charge is -2.22. The fourth-order valence-corrected chi connectivity index (χ4v) is 2.62. The zero-order chi connectivity index (χ0) is 13.5. The van der Waals surface area contributed by atoms with Crippen LogP contribution in [0.3, 0.4) is 0 Å². The molecule has 0 aliphatic heterocycles. The van der Waals surface area contributed by atoms with Crippen molar-refractivity contribution in [3.63, 3.8) is 0 Å². The Morgan fingerprint density at radius 1 is 0.842 bits per heavy atom. The minimum atomic E-state index is 0.469. The largest absolute Gasteiger partial charge is 0.314 e. The minimum absolute atomic E-state index is 0.469. The summed E-state index contributed by atoms with van der Waals surface area (Å²) in [5.74, 6) is 0.469. The zero-order valence-corrected chi connectivity index (χ0v) is 11.8. The van der Waals surface area contributed by atoms with Crippen LogP contribution in [-0.4, -0.2) is 12.6 Å². The smallest absolute Gasteiger partial charge is 0.0104 e. The van der Waals surface area contributed by atoms with Crippen LogP contribution in [0.1, 0.15) is 37.3 Å². The fourth-order valence-electron chi connectivity index (χ4n) is 2.62. The summed E-state index contributed by atoms with van der Waals surface area (Å²) in [7, 11) is 0. The predicted molar refractivity (Wildman–Crippen MR) is 82.5 cm³/mol. The molecule has 0 aliphatic carbocycles. The van der Waals surface area contributed by atoms with Crippen molar-refractivity contribution in [3.8, 4) is 0 Å². The molecule has 0 saturated carbocycles. The number of hydrogen-bond acceptors (Lipinski definition) is 1. The van der Waals surface area contributed by atoms with Gasteiger partial charge in [0.05, 0.1) is 0 Å². The lowest BCUT2D eigenvalue weighted by Crippen LogP contribution is -2.27. The highest BCUT2D eigenvalue weighted by Crippen LogP contribution is 2.28. The molecule has 0 spiro atoms. The summed E-state index contributed by atoms with van der Waals surface area (Å²) >= 11 is 0. The van der Waals surface area contributed by atoms with E-state index in [4.69, 9.17) is 0 Å². The fraction of sp³-hybridized carbons (Fsp3) is 0.333. The molecule has 100 valence electrons. The van der Waals surface area contributed by atoms with Crippen LogP contribution in [0.2, 0.25) is 0 Å². The molecular weight excluding hydrogens is 230 g/mol. The molecule has 1 heteroatoms. The first-order chi connectivity index (χ1) is 9.31. The highest BCUT2D eigenvalue weighted by atomic mass is 14.9. The molecule has 0 heterocycles. The Kier molecular flexibility index (Phi) is 5.17. The van der Waals surface area contributed by atoms with E-state index in [1.54, 1.807) is 0 Å². The Morgan fingerprint density at radius 2 is 1.32 bits per heavy atom. The summed E-state index contributed by atoms with van der Waals surface area (Å²) < 4.78 is 0. The molecule has 2 aromatic rings. The van der Waals surface area contributed by atoms with Crippen LogP contribution >= 0.6 is 0 Å². The van der Waals surface area contributed by atoms with Crippen molar-refractivity contribution in [2.24, 2.45) is 0 Å². The molecule has 0 saturated heterocycles. The van der Waals surface area contributed by atoms with E-state index in [0.29, 0.717) is 12.0 Å². The molecule has 1 atom stereocenters. The van der Waals surface area contributed by atoms with Crippen LogP contribution in [0.5, 0.6) is 0 Å². The average molecular weight is 253 g/mol. The van der Waals surface area contributed by atoms with Gasteiger partial charge in [0.25, 0.3) is 0 Å². The molecule has 0 radical (unpaired) electrons. The molecule has 0 bridgehead atoms. The second-order valence-electron chi connectivity index (χ2n) is 5.07. The van der Waals surface area contributed by atoms with Crippen LogP contribution in [0.15, 0.2) is 60.7 Å². The number of nitrogens with one attached hydrogen (secondary N) is 1. The molecule has 1 nitrogen and oxygen atoms in total. The molecule has 0 aromatic heterocycles. The van der Waals surface area contributed by atoms with Gasteiger partial charge in [-0.1, -0.05) is 67.6 Å². The number of benzene rings is 2. The SMILES string of the molecule is CCN[C@H](C)CC(c1ccccc1)c1ccccc1. The predicted octanol–water partition coefficient (Wildman–Crippen LogP) is 4.21.